The molecule has 2 heterocycles. The molecule has 0 aliphatic carbocycles. The maximum atomic E-state index is 13.2. The number of hydrogen-bond donors (Lipinski definition) is 0. The van der Waals surface area contributed by atoms with Crippen molar-refractivity contribution in [2.24, 2.45) is 0 Å². The molecule has 1 amide bonds. The average molecular weight is 366 g/mol. The minimum atomic E-state index is -3.11. The first-order valence-corrected chi connectivity index (χ1v) is 10.4. The number of carbonyl (C=O) groups excluding carboxylic acids is 1. The molecule has 2 aliphatic heterocycles. The van der Waals surface area contributed by atoms with Crippen LogP contribution in [0.3, 0.4) is 0 Å². The molecule has 2 fully saturated rings. The van der Waals surface area contributed by atoms with Gasteiger partial charge in [0.15, 0.2) is 15.4 Å². The summed E-state index contributed by atoms with van der Waals surface area (Å²) in [5, 5.41) is 0. The summed E-state index contributed by atoms with van der Waals surface area (Å²) in [5.74, 6) is 0.642. The van der Waals surface area contributed by atoms with Crippen LogP contribution in [0.4, 0.5) is 0 Å². The van der Waals surface area contributed by atoms with Gasteiger partial charge in [-0.15, -0.1) is 0 Å². The Bertz CT molecular complexity index is 775. The first-order valence-electron chi connectivity index (χ1n) is 8.56. The van der Waals surface area contributed by atoms with Crippen molar-refractivity contribution in [3.63, 3.8) is 0 Å². The lowest BCUT2D eigenvalue weighted by atomic mass is 10.0. The van der Waals surface area contributed by atoms with E-state index in [9.17, 15) is 13.2 Å². The van der Waals surface area contributed by atoms with Crippen molar-refractivity contribution in [3.8, 4) is 5.75 Å². The monoisotopic (exact) mass is 366 g/mol. The zero-order valence-corrected chi connectivity index (χ0v) is 16.0. The van der Waals surface area contributed by atoms with Crippen molar-refractivity contribution in [1.29, 1.82) is 0 Å². The summed E-state index contributed by atoms with van der Waals surface area (Å²) in [7, 11) is -1.19. The van der Waals surface area contributed by atoms with Gasteiger partial charge in [0.05, 0.1) is 17.5 Å². The highest BCUT2D eigenvalue weighted by molar-refractivity contribution is 7.91. The van der Waals surface area contributed by atoms with Crippen LogP contribution >= 0.6 is 0 Å². The Morgan fingerprint density at radius 3 is 2.56 bits per heavy atom. The van der Waals surface area contributed by atoms with Gasteiger partial charge >= 0.3 is 0 Å². The van der Waals surface area contributed by atoms with Crippen molar-refractivity contribution in [2.75, 3.05) is 31.6 Å². The molecule has 0 saturated carbocycles. The van der Waals surface area contributed by atoms with Crippen LogP contribution in [0.2, 0.25) is 0 Å². The highest BCUT2D eigenvalue weighted by Gasteiger charge is 2.49. The minimum absolute atomic E-state index is 0.0360. The number of fused-ring (bicyclic) bond motifs is 1. The van der Waals surface area contributed by atoms with Crippen molar-refractivity contribution in [2.45, 2.75) is 38.5 Å². The number of piperazine rings is 1. The summed E-state index contributed by atoms with van der Waals surface area (Å²) < 4.78 is 30.2. The topological polar surface area (TPSA) is 66.9 Å². The second kappa shape index (κ2) is 6.29. The molecule has 1 aromatic rings. The summed E-state index contributed by atoms with van der Waals surface area (Å²) in [6, 6.07) is 7.15. The molecule has 0 unspecified atom stereocenters. The lowest BCUT2D eigenvalue weighted by molar-refractivity contribution is -0.151. The van der Waals surface area contributed by atoms with E-state index >= 15 is 0 Å². The highest BCUT2D eigenvalue weighted by atomic mass is 32.2. The third-order valence-electron chi connectivity index (χ3n) is 5.09. The van der Waals surface area contributed by atoms with E-state index < -0.39 is 15.4 Å². The second-order valence-corrected chi connectivity index (χ2v) is 9.77. The van der Waals surface area contributed by atoms with Gasteiger partial charge < -0.3 is 9.64 Å². The predicted molar refractivity (Wildman–Crippen MR) is 96.5 cm³/mol. The molecule has 3 rings (SSSR count). The number of amides is 1. The molecule has 0 bridgehead atoms. The Hall–Kier alpha value is -1.60. The fraction of sp³-hybridized carbons (Fsp3) is 0.611. The van der Waals surface area contributed by atoms with Gasteiger partial charge in [0, 0.05) is 19.1 Å². The lowest BCUT2D eigenvalue weighted by Gasteiger charge is -2.44. The largest absolute Gasteiger partial charge is 0.478 e. The third-order valence-corrected chi connectivity index (χ3v) is 6.79. The number of ether oxygens (including phenoxy) is 1. The molecular weight excluding hydrogens is 340 g/mol. The quantitative estimate of drug-likeness (QED) is 0.801. The van der Waals surface area contributed by atoms with Gasteiger partial charge in [-0.25, -0.2) is 8.42 Å². The van der Waals surface area contributed by atoms with Crippen LogP contribution in [0.5, 0.6) is 5.75 Å². The zero-order valence-electron chi connectivity index (χ0n) is 15.2. The van der Waals surface area contributed by atoms with E-state index in [0.717, 1.165) is 5.56 Å². The van der Waals surface area contributed by atoms with Crippen LogP contribution in [0, 0.1) is 6.92 Å². The van der Waals surface area contributed by atoms with Crippen LogP contribution < -0.4 is 4.74 Å². The summed E-state index contributed by atoms with van der Waals surface area (Å²) in [4.78, 5) is 16.9. The first kappa shape index (κ1) is 18.2. The molecule has 138 valence electrons. The molecule has 25 heavy (non-hydrogen) atoms. The van der Waals surface area contributed by atoms with Gasteiger partial charge in [0.1, 0.15) is 5.75 Å². The Kier molecular flexibility index (Phi) is 4.58. The van der Waals surface area contributed by atoms with E-state index in [1.54, 1.807) is 18.7 Å². The normalized spacial score (nSPS) is 26.3. The number of benzene rings is 1. The molecular formula is C18H26N2O4S. The second-order valence-electron chi connectivity index (χ2n) is 7.62. The SMILES string of the molecule is Cc1cccc(OC(C)(C)C(=O)N2CCN(C)[C@H]3CS(=O)(=O)C[C@H]32)c1. The molecule has 2 atom stereocenters. The maximum Gasteiger partial charge on any atom is 0.266 e. The van der Waals surface area contributed by atoms with Gasteiger partial charge in [0.25, 0.3) is 5.91 Å². The Labute approximate surface area is 149 Å². The molecule has 7 heteroatoms. The van der Waals surface area contributed by atoms with Crippen LogP contribution in [0.25, 0.3) is 0 Å². The van der Waals surface area contributed by atoms with Gasteiger partial charge in [0.2, 0.25) is 0 Å². The number of aryl methyl sites for hydroxylation is 1. The number of sulfone groups is 1. The number of hydrogen-bond acceptors (Lipinski definition) is 5. The highest BCUT2D eigenvalue weighted by Crippen LogP contribution is 2.29. The first-order chi connectivity index (χ1) is 11.6. The van der Waals surface area contributed by atoms with Crippen LogP contribution in [0.15, 0.2) is 24.3 Å². The van der Waals surface area contributed by atoms with Gasteiger partial charge in [-0.2, -0.15) is 0 Å². The Balaban J connectivity index is 1.81. The van der Waals surface area contributed by atoms with Crippen molar-refractivity contribution in [3.05, 3.63) is 29.8 Å². The van der Waals surface area contributed by atoms with E-state index in [4.69, 9.17) is 4.74 Å². The van der Waals surface area contributed by atoms with Gasteiger partial charge in [-0.3, -0.25) is 9.69 Å². The molecule has 0 radical (unpaired) electrons. The van der Waals surface area contributed by atoms with Crippen LogP contribution in [0.1, 0.15) is 19.4 Å². The van der Waals surface area contributed by atoms with E-state index in [2.05, 4.69) is 0 Å². The standard InChI is InChI=1S/C18H26N2O4S/c1-13-6-5-7-14(10-13)24-18(2,3)17(21)20-9-8-19(4)15-11-25(22,23)12-16(15)20/h5-7,10,15-16H,8-9,11-12H2,1-4H3/t15-,16+/m0/s1. The smallest absolute Gasteiger partial charge is 0.266 e. The van der Waals surface area contributed by atoms with E-state index in [-0.39, 0.29) is 29.5 Å². The third kappa shape index (κ3) is 3.67. The molecule has 0 spiro atoms. The van der Waals surface area contributed by atoms with Crippen molar-refractivity contribution >= 4 is 15.7 Å². The summed E-state index contributed by atoms with van der Waals surface area (Å²) in [6.07, 6.45) is 0. The molecule has 1 aromatic carbocycles. The average Bonchev–Trinajstić information content (AvgIpc) is 2.83. The maximum absolute atomic E-state index is 13.2. The number of carbonyl (C=O) groups is 1. The molecule has 6 nitrogen and oxygen atoms in total. The number of likely N-dealkylation sites (N-methyl/N-ethyl adjacent to an activating group) is 1. The summed E-state index contributed by atoms with van der Waals surface area (Å²) in [6.45, 7) is 6.65. The van der Waals surface area contributed by atoms with Gasteiger partial charge in [-0.05, 0) is 45.5 Å². The van der Waals surface area contributed by atoms with Crippen molar-refractivity contribution in [1.82, 2.24) is 9.80 Å². The minimum Gasteiger partial charge on any atom is -0.478 e. The lowest BCUT2D eigenvalue weighted by Crippen LogP contribution is -2.63. The molecule has 0 N–H and O–H groups in total. The van der Waals surface area contributed by atoms with E-state index in [1.165, 1.54) is 0 Å². The fourth-order valence-corrected chi connectivity index (χ4v) is 5.80. The van der Waals surface area contributed by atoms with E-state index in [1.807, 2.05) is 43.1 Å². The van der Waals surface area contributed by atoms with Crippen LogP contribution in [-0.4, -0.2) is 73.5 Å². The Morgan fingerprint density at radius 1 is 1.20 bits per heavy atom. The predicted octanol–water partition coefficient (Wildman–Crippen LogP) is 1.09. The zero-order chi connectivity index (χ0) is 18.4. The Morgan fingerprint density at radius 2 is 1.88 bits per heavy atom. The summed E-state index contributed by atoms with van der Waals surface area (Å²) in [5.41, 5.74) is 0.00273. The fourth-order valence-electron chi connectivity index (χ4n) is 3.74. The molecule has 2 saturated heterocycles. The van der Waals surface area contributed by atoms with Crippen LogP contribution in [-0.2, 0) is 14.6 Å². The molecule has 0 aromatic heterocycles. The number of nitrogens with zero attached hydrogens (tertiary/aromatic N) is 2. The van der Waals surface area contributed by atoms with Crippen molar-refractivity contribution < 1.29 is 17.9 Å². The van der Waals surface area contributed by atoms with E-state index in [0.29, 0.717) is 18.8 Å². The van der Waals surface area contributed by atoms with Gasteiger partial charge in [-0.1, -0.05) is 12.1 Å². The summed E-state index contributed by atoms with van der Waals surface area (Å²) >= 11 is 0. The number of rotatable bonds is 3. The molecule has 2 aliphatic rings.